The average Bonchev–Trinajstić information content (AvgIpc) is 2.28. The van der Waals surface area contributed by atoms with Gasteiger partial charge >= 0.3 is 0 Å². The number of carbonyl (C=O) groups is 1. The van der Waals surface area contributed by atoms with Crippen molar-refractivity contribution in [2.75, 3.05) is 19.7 Å². The van der Waals surface area contributed by atoms with E-state index in [0.717, 1.165) is 6.07 Å². The molecule has 0 heterocycles. The molecule has 1 aromatic carbocycles. The minimum Gasteiger partial charge on any atom is -0.395 e. The molecule has 1 amide bonds. The minimum atomic E-state index is -0.618. The first kappa shape index (κ1) is 12.9. The molecule has 3 nitrogen and oxygen atoms in total. The van der Waals surface area contributed by atoms with Crippen LogP contribution in [0.4, 0.5) is 4.39 Å². The van der Waals surface area contributed by atoms with Gasteiger partial charge in [0.25, 0.3) is 5.91 Å². The van der Waals surface area contributed by atoms with Gasteiger partial charge in [0.1, 0.15) is 5.82 Å². The lowest BCUT2D eigenvalue weighted by Crippen LogP contribution is -2.33. The zero-order valence-electron chi connectivity index (χ0n) is 8.91. The van der Waals surface area contributed by atoms with Crippen LogP contribution in [-0.4, -0.2) is 35.6 Å². The predicted molar refractivity (Wildman–Crippen MR) is 60.1 cm³/mol. The molecule has 0 saturated carbocycles. The Morgan fingerprint density at radius 3 is 2.75 bits per heavy atom. The third-order valence-corrected chi connectivity index (χ3v) is 2.51. The highest BCUT2D eigenvalue weighted by molar-refractivity contribution is 6.30. The molecule has 0 saturated heterocycles. The number of hydrogen-bond donors (Lipinski definition) is 1. The number of benzene rings is 1. The van der Waals surface area contributed by atoms with Crippen molar-refractivity contribution in [3.05, 3.63) is 34.6 Å². The molecule has 1 rings (SSSR count). The van der Waals surface area contributed by atoms with Crippen LogP contribution in [0.2, 0.25) is 5.02 Å². The van der Waals surface area contributed by atoms with Crippen LogP contribution in [-0.2, 0) is 0 Å². The lowest BCUT2D eigenvalue weighted by molar-refractivity contribution is 0.0731. The number of aliphatic hydroxyl groups is 1. The van der Waals surface area contributed by atoms with Gasteiger partial charge in [-0.2, -0.15) is 0 Å². The van der Waals surface area contributed by atoms with Gasteiger partial charge < -0.3 is 10.0 Å². The third-order valence-electron chi connectivity index (χ3n) is 2.21. The molecule has 0 unspecified atom stereocenters. The van der Waals surface area contributed by atoms with E-state index in [4.69, 9.17) is 16.7 Å². The molecular formula is C11H13ClFNO2. The molecule has 1 aromatic rings. The van der Waals surface area contributed by atoms with Crippen LogP contribution in [0, 0.1) is 5.82 Å². The highest BCUT2D eigenvalue weighted by Gasteiger charge is 2.14. The van der Waals surface area contributed by atoms with Gasteiger partial charge in [-0.3, -0.25) is 4.79 Å². The summed E-state index contributed by atoms with van der Waals surface area (Å²) in [6.07, 6.45) is 0. The van der Waals surface area contributed by atoms with E-state index in [9.17, 15) is 9.18 Å². The molecule has 0 aromatic heterocycles. The van der Waals surface area contributed by atoms with Crippen LogP contribution in [0.25, 0.3) is 0 Å². The first-order valence-corrected chi connectivity index (χ1v) is 5.33. The van der Waals surface area contributed by atoms with Gasteiger partial charge in [-0.1, -0.05) is 11.6 Å². The molecule has 0 aliphatic heterocycles. The maximum absolute atomic E-state index is 13.1. The fourth-order valence-electron chi connectivity index (χ4n) is 1.34. The summed E-state index contributed by atoms with van der Waals surface area (Å²) in [5.74, 6) is -0.931. The van der Waals surface area contributed by atoms with Crippen molar-refractivity contribution in [3.8, 4) is 0 Å². The van der Waals surface area contributed by atoms with Crippen LogP contribution in [0.1, 0.15) is 17.3 Å². The monoisotopic (exact) mass is 245 g/mol. The van der Waals surface area contributed by atoms with Gasteiger partial charge in [0.05, 0.1) is 11.6 Å². The number of likely N-dealkylation sites (N-methyl/N-ethyl adjacent to an activating group) is 1. The lowest BCUT2D eigenvalue weighted by Gasteiger charge is -2.19. The normalized spacial score (nSPS) is 10.2. The Kier molecular flexibility index (Phi) is 4.71. The number of hydrogen-bond acceptors (Lipinski definition) is 2. The molecule has 5 heteroatoms. The summed E-state index contributed by atoms with van der Waals surface area (Å²) >= 11 is 5.52. The number of carbonyl (C=O) groups excluding carboxylic acids is 1. The standard InChI is InChI=1S/C11H13ClFNO2/c1-2-14(5-6-15)11(16)8-3-4-9(12)10(13)7-8/h3-4,7,15H,2,5-6H2,1H3. The molecule has 88 valence electrons. The Balaban J connectivity index is 2.90. The summed E-state index contributed by atoms with van der Waals surface area (Å²) in [6.45, 7) is 2.37. The first-order chi connectivity index (χ1) is 7.60. The van der Waals surface area contributed by atoms with E-state index >= 15 is 0 Å². The van der Waals surface area contributed by atoms with Gasteiger partial charge in [0.15, 0.2) is 0 Å². The Labute approximate surface area is 98.4 Å². The molecule has 0 bridgehead atoms. The van der Waals surface area contributed by atoms with E-state index in [1.54, 1.807) is 6.92 Å². The van der Waals surface area contributed by atoms with E-state index in [1.807, 2.05) is 0 Å². The Bertz CT molecular complexity index is 384. The van der Waals surface area contributed by atoms with Gasteiger partial charge in [0, 0.05) is 18.7 Å². The SMILES string of the molecule is CCN(CCO)C(=O)c1ccc(Cl)c(F)c1. The van der Waals surface area contributed by atoms with Gasteiger partial charge in [-0.25, -0.2) is 4.39 Å². The maximum Gasteiger partial charge on any atom is 0.254 e. The smallest absolute Gasteiger partial charge is 0.254 e. The number of rotatable bonds is 4. The summed E-state index contributed by atoms with van der Waals surface area (Å²) in [6, 6.07) is 3.91. The fourth-order valence-corrected chi connectivity index (χ4v) is 1.45. The quantitative estimate of drug-likeness (QED) is 0.881. The summed E-state index contributed by atoms with van der Waals surface area (Å²) in [5.41, 5.74) is 0.234. The summed E-state index contributed by atoms with van der Waals surface area (Å²) in [5, 5.41) is 8.76. The van der Waals surface area contributed by atoms with E-state index < -0.39 is 5.82 Å². The summed E-state index contributed by atoms with van der Waals surface area (Å²) in [4.78, 5) is 13.3. The van der Waals surface area contributed by atoms with Crippen LogP contribution >= 0.6 is 11.6 Å². The summed E-state index contributed by atoms with van der Waals surface area (Å²) in [7, 11) is 0. The van der Waals surface area contributed by atoms with Crippen molar-refractivity contribution < 1.29 is 14.3 Å². The van der Waals surface area contributed by atoms with Crippen LogP contribution in [0.5, 0.6) is 0 Å². The lowest BCUT2D eigenvalue weighted by atomic mass is 10.2. The van der Waals surface area contributed by atoms with Crippen molar-refractivity contribution in [1.82, 2.24) is 4.90 Å². The highest BCUT2D eigenvalue weighted by Crippen LogP contribution is 2.16. The molecular weight excluding hydrogens is 233 g/mol. The second-order valence-electron chi connectivity index (χ2n) is 3.24. The average molecular weight is 246 g/mol. The molecule has 1 N–H and O–H groups in total. The van der Waals surface area contributed by atoms with E-state index in [0.29, 0.717) is 6.54 Å². The Morgan fingerprint density at radius 2 is 2.25 bits per heavy atom. The highest BCUT2D eigenvalue weighted by atomic mass is 35.5. The second kappa shape index (κ2) is 5.82. The van der Waals surface area contributed by atoms with Crippen LogP contribution in [0.3, 0.4) is 0 Å². The van der Waals surface area contributed by atoms with Crippen molar-refractivity contribution in [1.29, 1.82) is 0 Å². The summed E-state index contributed by atoms with van der Waals surface area (Å²) < 4.78 is 13.1. The van der Waals surface area contributed by atoms with Crippen molar-refractivity contribution >= 4 is 17.5 Å². The second-order valence-corrected chi connectivity index (χ2v) is 3.64. The van der Waals surface area contributed by atoms with Gasteiger partial charge in [-0.05, 0) is 25.1 Å². The molecule has 16 heavy (non-hydrogen) atoms. The molecule has 0 aliphatic rings. The number of aliphatic hydroxyl groups excluding tert-OH is 1. The molecule has 0 atom stereocenters. The number of nitrogens with zero attached hydrogens (tertiary/aromatic N) is 1. The van der Waals surface area contributed by atoms with E-state index in [-0.39, 0.29) is 29.6 Å². The molecule has 0 spiro atoms. The largest absolute Gasteiger partial charge is 0.395 e. The number of amides is 1. The van der Waals surface area contributed by atoms with Gasteiger partial charge in [-0.15, -0.1) is 0 Å². The Morgan fingerprint density at radius 1 is 1.56 bits per heavy atom. The third kappa shape index (κ3) is 2.93. The van der Waals surface area contributed by atoms with Crippen molar-refractivity contribution in [2.24, 2.45) is 0 Å². The Hall–Kier alpha value is -1.13. The molecule has 0 fully saturated rings. The zero-order valence-corrected chi connectivity index (χ0v) is 9.67. The van der Waals surface area contributed by atoms with E-state index in [2.05, 4.69) is 0 Å². The predicted octanol–water partition coefficient (Wildman–Crippen LogP) is 1.93. The van der Waals surface area contributed by atoms with Crippen LogP contribution in [0.15, 0.2) is 18.2 Å². The zero-order chi connectivity index (χ0) is 12.1. The minimum absolute atomic E-state index is 0.0123. The van der Waals surface area contributed by atoms with Crippen molar-refractivity contribution in [3.63, 3.8) is 0 Å². The van der Waals surface area contributed by atoms with Crippen molar-refractivity contribution in [2.45, 2.75) is 6.92 Å². The molecule has 0 aliphatic carbocycles. The first-order valence-electron chi connectivity index (χ1n) is 4.95. The number of halogens is 2. The maximum atomic E-state index is 13.1. The van der Waals surface area contributed by atoms with Gasteiger partial charge in [0.2, 0.25) is 0 Å². The van der Waals surface area contributed by atoms with Crippen LogP contribution < -0.4 is 0 Å². The van der Waals surface area contributed by atoms with E-state index in [1.165, 1.54) is 17.0 Å². The fraction of sp³-hybridized carbons (Fsp3) is 0.364. The topological polar surface area (TPSA) is 40.5 Å². The molecule has 0 radical (unpaired) electrons.